The first kappa shape index (κ1) is 32.1. The van der Waals surface area contributed by atoms with Gasteiger partial charge in [0.05, 0.1) is 44.6 Å². The molecule has 0 spiro atoms. The van der Waals surface area contributed by atoms with Crippen LogP contribution in [-0.4, -0.2) is 9.13 Å². The van der Waals surface area contributed by atoms with Gasteiger partial charge in [0.15, 0.2) is 0 Å². The highest BCUT2D eigenvalue weighted by Gasteiger charge is 2.17. The minimum Gasteiger partial charge on any atom is -0.308 e. The highest BCUT2D eigenvalue weighted by molar-refractivity contribution is 6.21. The first-order chi connectivity index (χ1) is 25.8. The Morgan fingerprint density at radius 2 is 0.827 bits per heavy atom. The average molecular weight is 667 g/mol. The van der Waals surface area contributed by atoms with Crippen LogP contribution < -0.4 is 0 Å². The molecule has 0 bridgehead atoms. The molecule has 0 saturated heterocycles. The lowest BCUT2D eigenvalue weighted by Gasteiger charge is -2.11. The SMILES string of the molecule is CC.N#Cc1ccccc1-n1c2ccccc2c2c3ccccc3ccc21.N#Cc1ccccc1-n1c2ccccc2c2ccc3ccccc3c21. The Morgan fingerprint density at radius 3 is 1.48 bits per heavy atom. The lowest BCUT2D eigenvalue weighted by molar-refractivity contribution is 1.17. The second-order valence-corrected chi connectivity index (χ2v) is 12.3. The third-order valence-corrected chi connectivity index (χ3v) is 9.65. The molecule has 2 aromatic heterocycles. The summed E-state index contributed by atoms with van der Waals surface area (Å²) in [4.78, 5) is 0. The molecule has 246 valence electrons. The number of benzene rings is 8. The van der Waals surface area contributed by atoms with E-state index in [-0.39, 0.29) is 0 Å². The molecule has 10 aromatic rings. The molecule has 0 aliphatic heterocycles. The fourth-order valence-corrected chi connectivity index (χ4v) is 7.51. The van der Waals surface area contributed by atoms with Crippen molar-refractivity contribution in [3.8, 4) is 23.5 Å². The van der Waals surface area contributed by atoms with E-state index in [1.807, 2.05) is 62.4 Å². The van der Waals surface area contributed by atoms with Crippen molar-refractivity contribution in [3.63, 3.8) is 0 Å². The molecule has 8 aromatic carbocycles. The van der Waals surface area contributed by atoms with Gasteiger partial charge in [-0.25, -0.2) is 0 Å². The van der Waals surface area contributed by atoms with Crippen molar-refractivity contribution in [2.75, 3.05) is 0 Å². The fraction of sp³-hybridized carbons (Fsp3) is 0.0417. The number of para-hydroxylation sites is 4. The van der Waals surface area contributed by atoms with Crippen molar-refractivity contribution in [1.29, 1.82) is 10.5 Å². The first-order valence-corrected chi connectivity index (χ1v) is 17.6. The molecule has 0 atom stereocenters. The van der Waals surface area contributed by atoms with Gasteiger partial charge in [0, 0.05) is 26.9 Å². The van der Waals surface area contributed by atoms with Gasteiger partial charge < -0.3 is 9.13 Å². The molecule has 0 amide bonds. The van der Waals surface area contributed by atoms with Crippen LogP contribution in [0.1, 0.15) is 25.0 Å². The van der Waals surface area contributed by atoms with Crippen LogP contribution >= 0.6 is 0 Å². The van der Waals surface area contributed by atoms with E-state index < -0.39 is 0 Å². The van der Waals surface area contributed by atoms with Gasteiger partial charge in [0.2, 0.25) is 0 Å². The maximum absolute atomic E-state index is 9.61. The molecular formula is C48H34N4. The van der Waals surface area contributed by atoms with E-state index >= 15 is 0 Å². The van der Waals surface area contributed by atoms with E-state index in [1.54, 1.807) is 0 Å². The highest BCUT2D eigenvalue weighted by atomic mass is 15.0. The molecule has 10 rings (SSSR count). The molecule has 4 heteroatoms. The van der Waals surface area contributed by atoms with E-state index in [4.69, 9.17) is 0 Å². The summed E-state index contributed by atoms with van der Waals surface area (Å²) in [7, 11) is 0. The number of hydrogen-bond acceptors (Lipinski definition) is 2. The van der Waals surface area contributed by atoms with E-state index in [0.29, 0.717) is 11.1 Å². The second kappa shape index (κ2) is 13.6. The van der Waals surface area contributed by atoms with Gasteiger partial charge in [-0.2, -0.15) is 10.5 Å². The Labute approximate surface area is 302 Å². The molecule has 0 saturated carbocycles. The Bertz CT molecular complexity index is 3010. The van der Waals surface area contributed by atoms with Crippen LogP contribution in [0.4, 0.5) is 0 Å². The Kier molecular flexibility index (Phi) is 8.42. The molecule has 0 aliphatic carbocycles. The molecule has 2 heterocycles. The van der Waals surface area contributed by atoms with Gasteiger partial charge in [0.25, 0.3) is 0 Å². The monoisotopic (exact) mass is 666 g/mol. The molecule has 0 unspecified atom stereocenters. The summed E-state index contributed by atoms with van der Waals surface area (Å²) >= 11 is 0. The Morgan fingerprint density at radius 1 is 0.365 bits per heavy atom. The van der Waals surface area contributed by atoms with Gasteiger partial charge in [-0.3, -0.25) is 0 Å². The summed E-state index contributed by atoms with van der Waals surface area (Å²) in [5.74, 6) is 0. The van der Waals surface area contributed by atoms with Crippen LogP contribution in [0, 0.1) is 22.7 Å². The lowest BCUT2D eigenvalue weighted by atomic mass is 10.0. The summed E-state index contributed by atoms with van der Waals surface area (Å²) in [6, 6.07) is 62.6. The van der Waals surface area contributed by atoms with Crippen LogP contribution in [-0.2, 0) is 0 Å². The van der Waals surface area contributed by atoms with Crippen molar-refractivity contribution in [3.05, 3.63) is 181 Å². The summed E-state index contributed by atoms with van der Waals surface area (Å²) < 4.78 is 4.43. The van der Waals surface area contributed by atoms with Crippen molar-refractivity contribution < 1.29 is 0 Å². The normalized spacial score (nSPS) is 10.8. The van der Waals surface area contributed by atoms with Crippen molar-refractivity contribution in [2.24, 2.45) is 0 Å². The minimum absolute atomic E-state index is 0.679. The highest BCUT2D eigenvalue weighted by Crippen LogP contribution is 2.38. The Balaban J connectivity index is 0.000000142. The number of hydrogen-bond donors (Lipinski definition) is 0. The van der Waals surface area contributed by atoms with Crippen molar-refractivity contribution in [2.45, 2.75) is 13.8 Å². The summed E-state index contributed by atoms with van der Waals surface area (Å²) in [6.07, 6.45) is 0. The van der Waals surface area contributed by atoms with E-state index in [0.717, 1.165) is 33.4 Å². The third-order valence-electron chi connectivity index (χ3n) is 9.65. The van der Waals surface area contributed by atoms with Crippen molar-refractivity contribution >= 4 is 65.2 Å². The minimum atomic E-state index is 0.679. The number of fused-ring (bicyclic) bond motifs is 10. The molecular weight excluding hydrogens is 633 g/mol. The largest absolute Gasteiger partial charge is 0.308 e. The van der Waals surface area contributed by atoms with Gasteiger partial charge in [-0.1, -0.05) is 141 Å². The number of nitrogens with zero attached hydrogens (tertiary/aromatic N) is 4. The molecule has 0 radical (unpaired) electrons. The predicted octanol–water partition coefficient (Wildman–Crippen LogP) is 12.6. The predicted molar refractivity (Wildman–Crippen MR) is 217 cm³/mol. The molecule has 0 aliphatic rings. The third kappa shape index (κ3) is 5.14. The van der Waals surface area contributed by atoms with Crippen LogP contribution in [0.3, 0.4) is 0 Å². The van der Waals surface area contributed by atoms with Crippen molar-refractivity contribution in [1.82, 2.24) is 9.13 Å². The first-order valence-electron chi connectivity index (χ1n) is 17.6. The summed E-state index contributed by atoms with van der Waals surface area (Å²) in [5.41, 5.74) is 7.73. The van der Waals surface area contributed by atoms with Gasteiger partial charge in [0.1, 0.15) is 12.1 Å². The van der Waals surface area contributed by atoms with Gasteiger partial charge in [-0.15, -0.1) is 0 Å². The van der Waals surface area contributed by atoms with Crippen LogP contribution in [0.25, 0.3) is 76.5 Å². The maximum Gasteiger partial charge on any atom is 0.101 e. The smallest absolute Gasteiger partial charge is 0.101 e. The number of nitriles is 2. The molecule has 0 N–H and O–H groups in total. The lowest BCUT2D eigenvalue weighted by Crippen LogP contribution is -1.97. The zero-order valence-electron chi connectivity index (χ0n) is 29.0. The summed E-state index contributed by atoms with van der Waals surface area (Å²) in [5, 5.41) is 28.9. The van der Waals surface area contributed by atoms with E-state index in [1.165, 1.54) is 43.1 Å². The van der Waals surface area contributed by atoms with Gasteiger partial charge >= 0.3 is 0 Å². The topological polar surface area (TPSA) is 57.4 Å². The second-order valence-electron chi connectivity index (χ2n) is 12.3. The van der Waals surface area contributed by atoms with Crippen LogP contribution in [0.15, 0.2) is 170 Å². The quantitative estimate of drug-likeness (QED) is 0.184. The zero-order chi connectivity index (χ0) is 35.6. The van der Waals surface area contributed by atoms with E-state index in [9.17, 15) is 10.5 Å². The average Bonchev–Trinajstić information content (AvgIpc) is 3.75. The molecule has 52 heavy (non-hydrogen) atoms. The van der Waals surface area contributed by atoms with E-state index in [2.05, 4.69) is 143 Å². The number of aromatic nitrogens is 2. The zero-order valence-corrected chi connectivity index (χ0v) is 29.0. The van der Waals surface area contributed by atoms with Crippen LogP contribution in [0.2, 0.25) is 0 Å². The standard InChI is InChI=1S/2C23H14N2.C2H6/c24-15-17-8-2-5-11-21(17)25-22-12-6-4-10-19(22)20-14-13-16-7-1-3-9-18(16)23(20)25;24-15-17-8-2-5-11-20(17)25-21-12-6-4-10-19(21)23-18-9-3-1-7-16(18)13-14-22(23)25;1-2/h2*1-14H;1-2H3. The van der Waals surface area contributed by atoms with Crippen LogP contribution in [0.5, 0.6) is 0 Å². The number of rotatable bonds is 2. The molecule has 0 fully saturated rings. The fourth-order valence-electron chi connectivity index (χ4n) is 7.51. The maximum atomic E-state index is 9.61. The van der Waals surface area contributed by atoms with Gasteiger partial charge in [-0.05, 0) is 58.6 Å². The molecule has 4 nitrogen and oxygen atoms in total. The summed E-state index contributed by atoms with van der Waals surface area (Å²) in [6.45, 7) is 4.00. The Hall–Kier alpha value is -7.14.